The Bertz CT molecular complexity index is 499. The van der Waals surface area contributed by atoms with Crippen LogP contribution < -0.4 is 0 Å². The van der Waals surface area contributed by atoms with Crippen molar-refractivity contribution < 1.29 is 23.6 Å². The van der Waals surface area contributed by atoms with Crippen LogP contribution in [0, 0.1) is 21.7 Å². The van der Waals surface area contributed by atoms with Crippen molar-refractivity contribution in [3.8, 4) is 0 Å². The minimum absolute atomic E-state index is 0.614. The van der Waals surface area contributed by atoms with Gasteiger partial charge in [0.1, 0.15) is 5.82 Å². The number of benzene rings is 1. The highest BCUT2D eigenvalue weighted by molar-refractivity contribution is 6.14. The summed E-state index contributed by atoms with van der Waals surface area (Å²) < 4.78 is 26.5. The van der Waals surface area contributed by atoms with E-state index in [-0.39, 0.29) is 0 Å². The van der Waals surface area contributed by atoms with Crippen LogP contribution in [0.15, 0.2) is 18.7 Å². The highest BCUT2D eigenvalue weighted by Crippen LogP contribution is 2.27. The average molecular weight is 229 g/mol. The van der Waals surface area contributed by atoms with E-state index in [1.54, 1.807) is 0 Å². The molecule has 7 heteroatoms. The number of halogens is 2. The lowest BCUT2D eigenvalue weighted by Crippen LogP contribution is -2.05. The lowest BCUT2D eigenvalue weighted by atomic mass is 10.1. The maximum atomic E-state index is 13.4. The number of carbonyl (C=O) groups is 1. The number of carboxylic acids is 1. The summed E-state index contributed by atoms with van der Waals surface area (Å²) in [7, 11) is 0. The molecule has 0 aliphatic heterocycles. The molecule has 5 nitrogen and oxygen atoms in total. The number of carboxylic acid groups (broad SMARTS) is 1. The summed E-state index contributed by atoms with van der Waals surface area (Å²) in [5.74, 6) is -4.41. The molecule has 0 amide bonds. The van der Waals surface area contributed by atoms with Crippen LogP contribution in [0.5, 0.6) is 0 Å². The average Bonchev–Trinajstić information content (AvgIpc) is 2.16. The van der Waals surface area contributed by atoms with Gasteiger partial charge >= 0.3 is 11.7 Å². The molecule has 0 atom stereocenters. The number of hydrogen-bond donors (Lipinski definition) is 1. The standard InChI is InChI=1S/C9H5F2NO4/c1-4(9(13)14)7-5(10)2-3-6(8(7)11)12(15)16/h2-3H,1H2,(H,13,14). The molecule has 0 bridgehead atoms. The van der Waals surface area contributed by atoms with E-state index < -0.39 is 39.4 Å². The van der Waals surface area contributed by atoms with E-state index in [2.05, 4.69) is 6.58 Å². The zero-order valence-electron chi connectivity index (χ0n) is 7.74. The van der Waals surface area contributed by atoms with Gasteiger partial charge in [-0.3, -0.25) is 10.1 Å². The molecule has 0 radical (unpaired) electrons. The Kier molecular flexibility index (Phi) is 2.98. The van der Waals surface area contributed by atoms with Gasteiger partial charge in [-0.2, -0.15) is 4.39 Å². The molecule has 0 aliphatic carbocycles. The highest BCUT2D eigenvalue weighted by Gasteiger charge is 2.25. The second kappa shape index (κ2) is 4.05. The van der Waals surface area contributed by atoms with Gasteiger partial charge in [-0.1, -0.05) is 6.58 Å². The van der Waals surface area contributed by atoms with Gasteiger partial charge in [-0.25, -0.2) is 9.18 Å². The predicted octanol–water partition coefficient (Wildman–Crippen LogP) is 1.97. The number of aliphatic carboxylic acids is 1. The fourth-order valence-corrected chi connectivity index (χ4v) is 1.07. The lowest BCUT2D eigenvalue weighted by Gasteiger charge is -2.04. The molecule has 1 aromatic rings. The van der Waals surface area contributed by atoms with Crippen molar-refractivity contribution in [3.63, 3.8) is 0 Å². The Morgan fingerprint density at radius 3 is 2.44 bits per heavy atom. The molecule has 16 heavy (non-hydrogen) atoms. The molecule has 0 saturated heterocycles. The fourth-order valence-electron chi connectivity index (χ4n) is 1.07. The summed E-state index contributed by atoms with van der Waals surface area (Å²) in [5.41, 5.74) is -2.88. The Morgan fingerprint density at radius 1 is 1.44 bits per heavy atom. The Hall–Kier alpha value is -2.31. The minimum atomic E-state index is -1.65. The van der Waals surface area contributed by atoms with E-state index >= 15 is 0 Å². The molecule has 1 rings (SSSR count). The summed E-state index contributed by atoms with van der Waals surface area (Å²) in [6.07, 6.45) is 0. The SMILES string of the molecule is C=C(C(=O)O)c1c(F)ccc([N+](=O)[O-])c1F. The van der Waals surface area contributed by atoms with Crippen molar-refractivity contribution in [1.82, 2.24) is 0 Å². The van der Waals surface area contributed by atoms with Gasteiger partial charge < -0.3 is 5.11 Å². The second-order valence-electron chi connectivity index (χ2n) is 2.80. The summed E-state index contributed by atoms with van der Waals surface area (Å²) >= 11 is 0. The smallest absolute Gasteiger partial charge is 0.335 e. The molecule has 0 aromatic heterocycles. The number of nitro groups is 1. The van der Waals surface area contributed by atoms with Crippen molar-refractivity contribution in [1.29, 1.82) is 0 Å². The normalized spacial score (nSPS) is 9.88. The minimum Gasteiger partial charge on any atom is -0.478 e. The van der Waals surface area contributed by atoms with E-state index in [0.717, 1.165) is 0 Å². The maximum Gasteiger partial charge on any atom is 0.335 e. The van der Waals surface area contributed by atoms with Crippen molar-refractivity contribution >= 4 is 17.2 Å². The number of nitrogens with zero attached hydrogens (tertiary/aromatic N) is 1. The van der Waals surface area contributed by atoms with E-state index in [1.807, 2.05) is 0 Å². The zero-order valence-corrected chi connectivity index (χ0v) is 7.74. The van der Waals surface area contributed by atoms with Gasteiger partial charge in [-0.05, 0) is 6.07 Å². The molecule has 84 valence electrons. The lowest BCUT2D eigenvalue weighted by molar-refractivity contribution is -0.387. The molecule has 0 saturated carbocycles. The van der Waals surface area contributed by atoms with Crippen molar-refractivity contribution in [2.75, 3.05) is 0 Å². The molecule has 1 aromatic carbocycles. The van der Waals surface area contributed by atoms with E-state index in [1.165, 1.54) is 0 Å². The molecule has 0 unspecified atom stereocenters. The Labute approximate surface area is 87.8 Å². The van der Waals surface area contributed by atoms with E-state index in [9.17, 15) is 23.7 Å². The topological polar surface area (TPSA) is 80.4 Å². The molecular weight excluding hydrogens is 224 g/mol. The van der Waals surface area contributed by atoms with Crippen LogP contribution >= 0.6 is 0 Å². The summed E-state index contributed by atoms with van der Waals surface area (Å²) in [6.45, 7) is 2.94. The molecule has 0 heterocycles. The molecule has 0 aliphatic rings. The van der Waals surface area contributed by atoms with Crippen molar-refractivity contribution in [3.05, 3.63) is 46.0 Å². The van der Waals surface area contributed by atoms with Gasteiger partial charge in [-0.15, -0.1) is 0 Å². The fraction of sp³-hybridized carbons (Fsp3) is 0. The van der Waals surface area contributed by atoms with Gasteiger partial charge in [0.2, 0.25) is 5.82 Å². The molecule has 0 fully saturated rings. The van der Waals surface area contributed by atoms with Gasteiger partial charge in [0.25, 0.3) is 0 Å². The maximum absolute atomic E-state index is 13.4. The quantitative estimate of drug-likeness (QED) is 0.488. The first kappa shape index (κ1) is 11.8. The first-order valence-corrected chi connectivity index (χ1v) is 3.91. The first-order valence-electron chi connectivity index (χ1n) is 3.91. The van der Waals surface area contributed by atoms with Crippen LogP contribution in [0.3, 0.4) is 0 Å². The summed E-state index contributed by atoms with van der Waals surface area (Å²) in [5, 5.41) is 18.9. The van der Waals surface area contributed by atoms with Crippen LogP contribution in [0.2, 0.25) is 0 Å². The van der Waals surface area contributed by atoms with Gasteiger partial charge in [0, 0.05) is 6.07 Å². The molecule has 0 spiro atoms. The second-order valence-corrected chi connectivity index (χ2v) is 2.80. The molecular formula is C9H5F2NO4. The van der Waals surface area contributed by atoms with E-state index in [4.69, 9.17) is 5.11 Å². The van der Waals surface area contributed by atoms with Crippen LogP contribution in [0.25, 0.3) is 5.57 Å². The first-order chi connectivity index (χ1) is 7.36. The van der Waals surface area contributed by atoms with Crippen LogP contribution in [0.1, 0.15) is 5.56 Å². The number of rotatable bonds is 3. The van der Waals surface area contributed by atoms with Crippen LogP contribution in [-0.2, 0) is 4.79 Å². The third-order valence-electron chi connectivity index (χ3n) is 1.83. The summed E-state index contributed by atoms with van der Waals surface area (Å²) in [4.78, 5) is 19.8. The number of nitro benzene ring substituents is 1. The third-order valence-corrected chi connectivity index (χ3v) is 1.83. The Balaban J connectivity index is 3.49. The van der Waals surface area contributed by atoms with E-state index in [0.29, 0.717) is 12.1 Å². The molecule has 1 N–H and O–H groups in total. The zero-order chi connectivity index (χ0) is 12.5. The van der Waals surface area contributed by atoms with Crippen molar-refractivity contribution in [2.45, 2.75) is 0 Å². The van der Waals surface area contributed by atoms with Gasteiger partial charge in [0.15, 0.2) is 0 Å². The largest absolute Gasteiger partial charge is 0.478 e. The Morgan fingerprint density at radius 2 is 2.00 bits per heavy atom. The third kappa shape index (κ3) is 1.88. The van der Waals surface area contributed by atoms with Crippen molar-refractivity contribution in [2.24, 2.45) is 0 Å². The van der Waals surface area contributed by atoms with Crippen LogP contribution in [0.4, 0.5) is 14.5 Å². The monoisotopic (exact) mass is 229 g/mol. The van der Waals surface area contributed by atoms with Gasteiger partial charge in [0.05, 0.1) is 16.1 Å². The summed E-state index contributed by atoms with van der Waals surface area (Å²) in [6, 6.07) is 1.23. The number of hydrogen-bond acceptors (Lipinski definition) is 3. The highest BCUT2D eigenvalue weighted by atomic mass is 19.1. The van der Waals surface area contributed by atoms with Crippen LogP contribution in [-0.4, -0.2) is 16.0 Å². The predicted molar refractivity (Wildman–Crippen MR) is 49.7 cm³/mol.